The Hall–Kier alpha value is -4.57. The largest absolute Gasteiger partial charge is 0.487 e. The standard InChI is InChI=1S/C28H23N3O4/c1-28(2)27(32)25(26(35-28)20-9-7-18(15-29)8-10-20)19-11-13-22(14-12-19)34-17-21-16-31-23(30-21)5-4-6-24(31)33-3/h4-14,16H,17H2,1-3H3. The Labute approximate surface area is 202 Å². The maximum atomic E-state index is 13.2. The van der Waals surface area contributed by atoms with Gasteiger partial charge >= 0.3 is 0 Å². The maximum Gasteiger partial charge on any atom is 0.210 e. The van der Waals surface area contributed by atoms with E-state index in [1.54, 1.807) is 45.2 Å². The third-order valence-electron chi connectivity index (χ3n) is 5.88. The fourth-order valence-corrected chi connectivity index (χ4v) is 4.07. The number of nitriles is 1. The van der Waals surface area contributed by atoms with Crippen LogP contribution in [0.3, 0.4) is 0 Å². The average molecular weight is 466 g/mol. The lowest BCUT2D eigenvalue weighted by Crippen LogP contribution is -2.29. The molecular formula is C28H23N3O4. The van der Waals surface area contributed by atoms with Crippen LogP contribution in [0.1, 0.15) is 36.2 Å². The lowest BCUT2D eigenvalue weighted by atomic mass is 9.92. The third-order valence-corrected chi connectivity index (χ3v) is 5.88. The van der Waals surface area contributed by atoms with Gasteiger partial charge in [0.25, 0.3) is 0 Å². The number of ketones is 1. The van der Waals surface area contributed by atoms with Crippen LogP contribution >= 0.6 is 0 Å². The van der Waals surface area contributed by atoms with Gasteiger partial charge in [-0.05, 0) is 67.9 Å². The predicted molar refractivity (Wildman–Crippen MR) is 131 cm³/mol. The second-order valence-electron chi connectivity index (χ2n) is 8.68. The quantitative estimate of drug-likeness (QED) is 0.397. The van der Waals surface area contributed by atoms with Gasteiger partial charge in [0.15, 0.2) is 11.5 Å². The van der Waals surface area contributed by atoms with Gasteiger partial charge in [-0.1, -0.05) is 18.2 Å². The number of carbonyl (C=O) groups excluding carboxylic acids is 1. The Morgan fingerprint density at radius 3 is 2.43 bits per heavy atom. The summed E-state index contributed by atoms with van der Waals surface area (Å²) in [7, 11) is 1.62. The fourth-order valence-electron chi connectivity index (χ4n) is 4.07. The molecule has 1 aliphatic heterocycles. The van der Waals surface area contributed by atoms with Gasteiger partial charge in [-0.3, -0.25) is 9.20 Å². The van der Waals surface area contributed by atoms with E-state index in [1.165, 1.54) is 0 Å². The third kappa shape index (κ3) is 4.11. The molecule has 0 fully saturated rings. The summed E-state index contributed by atoms with van der Waals surface area (Å²) in [6.07, 6.45) is 1.88. The van der Waals surface area contributed by atoms with E-state index >= 15 is 0 Å². The summed E-state index contributed by atoms with van der Waals surface area (Å²) in [6.45, 7) is 3.80. The molecule has 174 valence electrons. The number of hydrogen-bond donors (Lipinski definition) is 0. The molecule has 0 aliphatic carbocycles. The van der Waals surface area contributed by atoms with Gasteiger partial charge in [0, 0.05) is 11.8 Å². The highest BCUT2D eigenvalue weighted by atomic mass is 16.5. The summed E-state index contributed by atoms with van der Waals surface area (Å²) in [5, 5.41) is 9.08. The van der Waals surface area contributed by atoms with Crippen LogP contribution < -0.4 is 9.47 Å². The average Bonchev–Trinajstić information content (AvgIpc) is 3.40. The van der Waals surface area contributed by atoms with Crippen molar-refractivity contribution in [3.63, 3.8) is 0 Å². The monoisotopic (exact) mass is 465 g/mol. The molecule has 3 heterocycles. The summed E-state index contributed by atoms with van der Waals surface area (Å²) in [6, 6.07) is 22.1. The molecule has 5 rings (SSSR count). The first kappa shape index (κ1) is 22.2. The minimum atomic E-state index is -0.974. The molecule has 7 heteroatoms. The van der Waals surface area contributed by atoms with Crippen LogP contribution in [0.5, 0.6) is 11.6 Å². The lowest BCUT2D eigenvalue weighted by molar-refractivity contribution is -0.125. The van der Waals surface area contributed by atoms with E-state index in [4.69, 9.17) is 19.5 Å². The van der Waals surface area contributed by atoms with Crippen molar-refractivity contribution >= 4 is 22.8 Å². The number of benzene rings is 2. The van der Waals surface area contributed by atoms with Gasteiger partial charge < -0.3 is 14.2 Å². The molecule has 2 aromatic heterocycles. The van der Waals surface area contributed by atoms with Crippen LogP contribution in [-0.2, 0) is 16.1 Å². The van der Waals surface area contributed by atoms with Crippen LogP contribution in [0.25, 0.3) is 17.0 Å². The van der Waals surface area contributed by atoms with Gasteiger partial charge in [-0.2, -0.15) is 5.26 Å². The van der Waals surface area contributed by atoms with Crippen molar-refractivity contribution in [3.05, 3.63) is 95.3 Å². The van der Waals surface area contributed by atoms with Crippen molar-refractivity contribution in [1.29, 1.82) is 5.26 Å². The van der Waals surface area contributed by atoms with Crippen molar-refractivity contribution in [2.45, 2.75) is 26.1 Å². The van der Waals surface area contributed by atoms with Crippen molar-refractivity contribution in [3.8, 4) is 17.7 Å². The van der Waals surface area contributed by atoms with E-state index in [0.717, 1.165) is 22.5 Å². The van der Waals surface area contributed by atoms with E-state index in [0.29, 0.717) is 35.1 Å². The number of aromatic nitrogens is 2. The number of Topliss-reactive ketones (excluding diaryl/α,β-unsaturated/α-hetero) is 1. The zero-order chi connectivity index (χ0) is 24.6. The van der Waals surface area contributed by atoms with Crippen molar-refractivity contribution in [1.82, 2.24) is 9.38 Å². The summed E-state index contributed by atoms with van der Waals surface area (Å²) >= 11 is 0. The lowest BCUT2D eigenvalue weighted by Gasteiger charge is -2.17. The van der Waals surface area contributed by atoms with Crippen molar-refractivity contribution < 1.29 is 19.0 Å². The highest BCUT2D eigenvalue weighted by Crippen LogP contribution is 2.41. The molecule has 35 heavy (non-hydrogen) atoms. The topological polar surface area (TPSA) is 85.8 Å². The summed E-state index contributed by atoms with van der Waals surface area (Å²) in [5.41, 5.74) is 3.13. The minimum Gasteiger partial charge on any atom is -0.487 e. The minimum absolute atomic E-state index is 0.0934. The molecule has 0 spiro atoms. The molecule has 0 atom stereocenters. The number of fused-ring (bicyclic) bond motifs is 1. The summed E-state index contributed by atoms with van der Waals surface area (Å²) in [4.78, 5) is 17.7. The van der Waals surface area contributed by atoms with Gasteiger partial charge in [-0.15, -0.1) is 0 Å². The molecule has 4 aromatic rings. The Morgan fingerprint density at radius 1 is 1.03 bits per heavy atom. The van der Waals surface area contributed by atoms with Gasteiger partial charge in [0.1, 0.15) is 23.8 Å². The highest BCUT2D eigenvalue weighted by Gasteiger charge is 2.42. The first-order valence-corrected chi connectivity index (χ1v) is 11.1. The van der Waals surface area contributed by atoms with Crippen molar-refractivity contribution in [2.24, 2.45) is 0 Å². The molecule has 0 unspecified atom stereocenters. The number of nitrogens with zero attached hydrogens (tertiary/aromatic N) is 3. The molecule has 0 saturated heterocycles. The number of pyridine rings is 1. The van der Waals surface area contributed by atoms with Crippen LogP contribution in [0.2, 0.25) is 0 Å². The molecular weight excluding hydrogens is 442 g/mol. The number of imidazole rings is 1. The Kier molecular flexibility index (Phi) is 5.50. The summed E-state index contributed by atoms with van der Waals surface area (Å²) < 4.78 is 19.2. The molecule has 2 aromatic carbocycles. The normalized spacial score (nSPS) is 14.6. The molecule has 0 amide bonds. The van der Waals surface area contributed by atoms with Crippen LogP contribution in [0.15, 0.2) is 72.9 Å². The first-order valence-electron chi connectivity index (χ1n) is 11.1. The van der Waals surface area contributed by atoms with E-state index in [-0.39, 0.29) is 5.78 Å². The smallest absolute Gasteiger partial charge is 0.210 e. The van der Waals surface area contributed by atoms with Gasteiger partial charge in [-0.25, -0.2) is 4.98 Å². The van der Waals surface area contributed by atoms with Gasteiger partial charge in [0.05, 0.1) is 30.0 Å². The van der Waals surface area contributed by atoms with E-state index in [9.17, 15) is 4.79 Å². The van der Waals surface area contributed by atoms with E-state index in [2.05, 4.69) is 11.1 Å². The second-order valence-corrected chi connectivity index (χ2v) is 8.68. The Morgan fingerprint density at radius 2 is 1.74 bits per heavy atom. The Balaban J connectivity index is 1.39. The summed E-state index contributed by atoms with van der Waals surface area (Å²) in [5.74, 6) is 1.77. The van der Waals surface area contributed by atoms with Crippen LogP contribution in [0.4, 0.5) is 0 Å². The number of carbonyl (C=O) groups is 1. The molecule has 0 N–H and O–H groups in total. The Bertz CT molecular complexity index is 1490. The zero-order valence-electron chi connectivity index (χ0n) is 19.6. The van der Waals surface area contributed by atoms with E-state index < -0.39 is 5.60 Å². The second kappa shape index (κ2) is 8.65. The molecule has 1 aliphatic rings. The van der Waals surface area contributed by atoms with Crippen LogP contribution in [-0.4, -0.2) is 27.9 Å². The molecule has 0 saturated carbocycles. The zero-order valence-corrected chi connectivity index (χ0v) is 19.6. The number of hydrogen-bond acceptors (Lipinski definition) is 6. The first-order chi connectivity index (χ1) is 16.9. The number of ether oxygens (including phenoxy) is 3. The van der Waals surface area contributed by atoms with Crippen LogP contribution in [0, 0.1) is 11.3 Å². The number of methoxy groups -OCH3 is 1. The van der Waals surface area contributed by atoms with Crippen molar-refractivity contribution in [2.75, 3.05) is 7.11 Å². The maximum absolute atomic E-state index is 13.2. The predicted octanol–water partition coefficient (Wildman–Crippen LogP) is 5.04. The molecule has 0 radical (unpaired) electrons. The highest BCUT2D eigenvalue weighted by molar-refractivity contribution is 6.32. The molecule has 7 nitrogen and oxygen atoms in total. The SMILES string of the molecule is COc1cccc2nc(COc3ccc(C4=C(c5ccc(C#N)cc5)OC(C)(C)C4=O)cc3)cn12. The van der Waals surface area contributed by atoms with E-state index in [1.807, 2.05) is 53.1 Å². The molecule has 0 bridgehead atoms. The van der Waals surface area contributed by atoms with Gasteiger partial charge in [0.2, 0.25) is 5.78 Å². The number of rotatable bonds is 6. The fraction of sp³-hybridized carbons (Fsp3) is 0.179.